The molecule has 0 amide bonds. The van der Waals surface area contributed by atoms with Gasteiger partial charge in [-0.05, 0) is 19.8 Å². The van der Waals surface area contributed by atoms with Crippen LogP contribution in [0.3, 0.4) is 0 Å². The van der Waals surface area contributed by atoms with E-state index in [1.165, 1.54) is 7.11 Å². The molecule has 2 N–H and O–H groups in total. The number of methoxy groups -OCH3 is 1. The van der Waals surface area contributed by atoms with E-state index in [0.717, 1.165) is 24.2 Å². The van der Waals surface area contributed by atoms with Crippen molar-refractivity contribution in [3.63, 3.8) is 0 Å². The van der Waals surface area contributed by atoms with E-state index in [1.54, 1.807) is 6.20 Å². The number of rotatable bonds is 3. The standard InChI is InChI=1S/C10H14N2O3/c1-6-7(5-12-15-6)10(3-4-10)8(11)9(13)14-2/h5,8H,3-4,11H2,1-2H3. The molecular weight excluding hydrogens is 196 g/mol. The van der Waals surface area contributed by atoms with E-state index in [4.69, 9.17) is 10.3 Å². The Balaban J connectivity index is 2.28. The highest BCUT2D eigenvalue weighted by Crippen LogP contribution is 2.51. The van der Waals surface area contributed by atoms with Crippen molar-refractivity contribution in [2.24, 2.45) is 5.73 Å². The van der Waals surface area contributed by atoms with Gasteiger partial charge >= 0.3 is 5.97 Å². The maximum atomic E-state index is 11.4. The Labute approximate surface area is 87.6 Å². The van der Waals surface area contributed by atoms with Crippen LogP contribution in [0.15, 0.2) is 10.7 Å². The Morgan fingerprint density at radius 2 is 2.40 bits per heavy atom. The molecule has 1 saturated carbocycles. The Morgan fingerprint density at radius 3 is 2.80 bits per heavy atom. The van der Waals surface area contributed by atoms with Gasteiger partial charge in [-0.2, -0.15) is 0 Å². The lowest BCUT2D eigenvalue weighted by Gasteiger charge is -2.19. The van der Waals surface area contributed by atoms with Crippen LogP contribution >= 0.6 is 0 Å². The number of hydrogen-bond donors (Lipinski definition) is 1. The smallest absolute Gasteiger partial charge is 0.323 e. The zero-order chi connectivity index (χ0) is 11.1. The molecule has 0 radical (unpaired) electrons. The van der Waals surface area contributed by atoms with Crippen LogP contribution in [-0.4, -0.2) is 24.3 Å². The van der Waals surface area contributed by atoms with Gasteiger partial charge in [-0.15, -0.1) is 0 Å². The highest BCUT2D eigenvalue weighted by molar-refractivity contribution is 5.78. The zero-order valence-corrected chi connectivity index (χ0v) is 8.82. The van der Waals surface area contributed by atoms with Crippen molar-refractivity contribution < 1.29 is 14.1 Å². The summed E-state index contributed by atoms with van der Waals surface area (Å²) in [6, 6.07) is -0.624. The van der Waals surface area contributed by atoms with Crippen molar-refractivity contribution in [1.82, 2.24) is 5.16 Å². The largest absolute Gasteiger partial charge is 0.468 e. The minimum Gasteiger partial charge on any atom is -0.468 e. The fraction of sp³-hybridized carbons (Fsp3) is 0.600. The van der Waals surface area contributed by atoms with Crippen molar-refractivity contribution in [3.8, 4) is 0 Å². The van der Waals surface area contributed by atoms with Gasteiger partial charge in [-0.3, -0.25) is 4.79 Å². The van der Waals surface area contributed by atoms with Crippen LogP contribution in [0.2, 0.25) is 0 Å². The topological polar surface area (TPSA) is 78.4 Å². The highest BCUT2D eigenvalue weighted by Gasteiger charge is 2.54. The molecular formula is C10H14N2O3. The lowest BCUT2D eigenvalue weighted by Crippen LogP contribution is -2.42. The molecule has 0 spiro atoms. The first kappa shape index (κ1) is 10.2. The second kappa shape index (κ2) is 3.34. The molecule has 5 heteroatoms. The third-order valence-electron chi connectivity index (χ3n) is 3.13. The summed E-state index contributed by atoms with van der Waals surface area (Å²) < 4.78 is 9.66. The summed E-state index contributed by atoms with van der Waals surface area (Å²) in [6.45, 7) is 1.83. The monoisotopic (exact) mass is 210 g/mol. The van der Waals surface area contributed by atoms with Gasteiger partial charge in [0.15, 0.2) is 0 Å². The van der Waals surface area contributed by atoms with Crippen LogP contribution in [-0.2, 0) is 14.9 Å². The molecule has 1 aliphatic carbocycles. The third-order valence-corrected chi connectivity index (χ3v) is 3.13. The molecule has 0 saturated heterocycles. The lowest BCUT2D eigenvalue weighted by molar-refractivity contribution is -0.143. The third kappa shape index (κ3) is 1.43. The maximum absolute atomic E-state index is 11.4. The van der Waals surface area contributed by atoms with E-state index in [9.17, 15) is 4.79 Å². The Kier molecular flexibility index (Phi) is 2.26. The second-order valence-corrected chi connectivity index (χ2v) is 3.95. The quantitative estimate of drug-likeness (QED) is 0.735. The van der Waals surface area contributed by atoms with Crippen LogP contribution < -0.4 is 5.73 Å². The van der Waals surface area contributed by atoms with Crippen LogP contribution in [0.1, 0.15) is 24.2 Å². The van der Waals surface area contributed by atoms with Crippen LogP contribution in [0.4, 0.5) is 0 Å². The molecule has 1 atom stereocenters. The molecule has 0 aliphatic heterocycles. The molecule has 1 aromatic heterocycles. The number of esters is 1. The summed E-state index contributed by atoms with van der Waals surface area (Å²) >= 11 is 0. The molecule has 1 unspecified atom stereocenters. The predicted molar refractivity (Wildman–Crippen MR) is 52.1 cm³/mol. The number of aromatic nitrogens is 1. The van der Waals surface area contributed by atoms with Gasteiger partial charge in [0, 0.05) is 11.0 Å². The lowest BCUT2D eigenvalue weighted by atomic mass is 9.89. The molecule has 1 aliphatic rings. The van der Waals surface area contributed by atoms with E-state index in [-0.39, 0.29) is 11.4 Å². The summed E-state index contributed by atoms with van der Waals surface area (Å²) in [5.74, 6) is 0.347. The molecule has 1 aromatic rings. The summed E-state index contributed by atoms with van der Waals surface area (Å²) in [6.07, 6.45) is 3.40. The summed E-state index contributed by atoms with van der Waals surface area (Å²) in [7, 11) is 1.35. The Morgan fingerprint density at radius 1 is 1.73 bits per heavy atom. The predicted octanol–water partition coefficient (Wildman–Crippen LogP) is 0.515. The summed E-state index contributed by atoms with van der Waals surface area (Å²) in [5.41, 5.74) is 6.51. The number of nitrogens with two attached hydrogens (primary N) is 1. The molecule has 0 bridgehead atoms. The number of nitrogens with zero attached hydrogens (tertiary/aromatic N) is 1. The Hall–Kier alpha value is -1.36. The molecule has 0 aromatic carbocycles. The van der Waals surface area contributed by atoms with E-state index < -0.39 is 6.04 Å². The number of hydrogen-bond acceptors (Lipinski definition) is 5. The van der Waals surface area contributed by atoms with Crippen LogP contribution in [0.25, 0.3) is 0 Å². The van der Waals surface area contributed by atoms with Gasteiger partial charge < -0.3 is 15.0 Å². The summed E-state index contributed by atoms with van der Waals surface area (Å²) in [4.78, 5) is 11.4. The van der Waals surface area contributed by atoms with E-state index >= 15 is 0 Å². The minimum atomic E-state index is -0.624. The van der Waals surface area contributed by atoms with E-state index in [2.05, 4.69) is 9.89 Å². The van der Waals surface area contributed by atoms with Crippen molar-refractivity contribution in [2.45, 2.75) is 31.2 Å². The summed E-state index contributed by atoms with van der Waals surface area (Å²) in [5, 5.41) is 3.71. The van der Waals surface area contributed by atoms with Gasteiger partial charge in [-0.25, -0.2) is 0 Å². The molecule has 1 fully saturated rings. The average Bonchev–Trinajstić information content (AvgIpc) is 2.94. The molecule has 2 rings (SSSR count). The van der Waals surface area contributed by atoms with E-state index in [0.29, 0.717) is 0 Å². The van der Waals surface area contributed by atoms with Crippen LogP contribution in [0, 0.1) is 6.92 Å². The number of ether oxygens (including phenoxy) is 1. The van der Waals surface area contributed by atoms with Gasteiger partial charge in [0.1, 0.15) is 11.8 Å². The fourth-order valence-electron chi connectivity index (χ4n) is 2.01. The molecule has 5 nitrogen and oxygen atoms in total. The zero-order valence-electron chi connectivity index (χ0n) is 8.82. The first-order chi connectivity index (χ1) is 7.12. The second-order valence-electron chi connectivity index (χ2n) is 3.95. The fourth-order valence-corrected chi connectivity index (χ4v) is 2.01. The SMILES string of the molecule is COC(=O)C(N)C1(c2cnoc2C)CC1. The number of carbonyl (C=O) groups excluding carboxylic acids is 1. The van der Waals surface area contributed by atoms with Gasteiger partial charge in [-0.1, -0.05) is 5.16 Å². The van der Waals surface area contributed by atoms with Gasteiger partial charge in [0.25, 0.3) is 0 Å². The average molecular weight is 210 g/mol. The first-order valence-corrected chi connectivity index (χ1v) is 4.87. The first-order valence-electron chi connectivity index (χ1n) is 4.87. The molecule has 15 heavy (non-hydrogen) atoms. The normalized spacial score (nSPS) is 19.7. The van der Waals surface area contributed by atoms with Crippen LogP contribution in [0.5, 0.6) is 0 Å². The molecule has 1 heterocycles. The Bertz CT molecular complexity index is 382. The van der Waals surface area contributed by atoms with Gasteiger partial charge in [0.2, 0.25) is 0 Å². The molecule has 82 valence electrons. The maximum Gasteiger partial charge on any atom is 0.323 e. The van der Waals surface area contributed by atoms with E-state index in [1.807, 2.05) is 6.92 Å². The van der Waals surface area contributed by atoms with Crippen molar-refractivity contribution in [3.05, 3.63) is 17.5 Å². The number of carbonyl (C=O) groups is 1. The number of aryl methyl sites for hydroxylation is 1. The van der Waals surface area contributed by atoms with Crippen molar-refractivity contribution in [1.29, 1.82) is 0 Å². The van der Waals surface area contributed by atoms with Gasteiger partial charge in [0.05, 0.1) is 13.3 Å². The van der Waals surface area contributed by atoms with Crippen molar-refractivity contribution >= 4 is 5.97 Å². The highest BCUT2D eigenvalue weighted by atomic mass is 16.5. The minimum absolute atomic E-state index is 0.308. The van der Waals surface area contributed by atoms with Crippen molar-refractivity contribution in [2.75, 3.05) is 7.11 Å².